The average molecular weight is 304 g/mol. The van der Waals surface area contributed by atoms with Gasteiger partial charge in [-0.1, -0.05) is 0 Å². The molecule has 1 heterocycles. The van der Waals surface area contributed by atoms with Crippen LogP contribution in [0.5, 0.6) is 0 Å². The van der Waals surface area contributed by atoms with Gasteiger partial charge >= 0.3 is 5.69 Å². The summed E-state index contributed by atoms with van der Waals surface area (Å²) in [5.41, 5.74) is -0.985. The molecule has 1 atom stereocenters. The number of halogens is 1. The first-order valence-electron chi connectivity index (χ1n) is 5.86. The van der Waals surface area contributed by atoms with Gasteiger partial charge in [0, 0.05) is 19.2 Å². The van der Waals surface area contributed by atoms with Gasteiger partial charge in [0.2, 0.25) is 15.8 Å². The Morgan fingerprint density at radius 3 is 2.65 bits per heavy atom. The third-order valence-corrected chi connectivity index (χ3v) is 5.01. The zero-order valence-corrected chi connectivity index (χ0v) is 11.4. The average Bonchev–Trinajstić information content (AvgIpc) is 2.79. The minimum atomic E-state index is -3.96. The number of nitrogens with zero attached hydrogens (tertiary/aromatic N) is 2. The molecule has 1 unspecified atom stereocenters. The molecule has 20 heavy (non-hydrogen) atoms. The van der Waals surface area contributed by atoms with Gasteiger partial charge in [0.1, 0.15) is 0 Å². The van der Waals surface area contributed by atoms with Gasteiger partial charge in [-0.3, -0.25) is 10.1 Å². The van der Waals surface area contributed by atoms with E-state index in [-0.39, 0.29) is 23.5 Å². The lowest BCUT2D eigenvalue weighted by Crippen LogP contribution is -2.29. The van der Waals surface area contributed by atoms with Gasteiger partial charge in [-0.2, -0.15) is 8.70 Å². The molecule has 1 N–H and O–H groups in total. The van der Waals surface area contributed by atoms with Crippen molar-refractivity contribution >= 4 is 15.7 Å². The molecule has 0 saturated carbocycles. The van der Waals surface area contributed by atoms with Crippen molar-refractivity contribution in [2.45, 2.75) is 24.3 Å². The molecule has 1 aliphatic heterocycles. The summed E-state index contributed by atoms with van der Waals surface area (Å²) in [5.74, 6) is -1.05. The quantitative estimate of drug-likeness (QED) is 0.657. The summed E-state index contributed by atoms with van der Waals surface area (Å²) >= 11 is 0. The van der Waals surface area contributed by atoms with Crippen molar-refractivity contribution in [2.75, 3.05) is 13.1 Å². The van der Waals surface area contributed by atoms with E-state index in [1.54, 1.807) is 0 Å². The van der Waals surface area contributed by atoms with Crippen molar-refractivity contribution in [1.82, 2.24) is 4.31 Å². The second-order valence-corrected chi connectivity index (χ2v) is 6.57. The summed E-state index contributed by atoms with van der Waals surface area (Å²) in [7, 11) is -3.96. The number of benzene rings is 1. The predicted molar refractivity (Wildman–Crippen MR) is 67.2 cm³/mol. The second-order valence-electron chi connectivity index (χ2n) is 4.64. The van der Waals surface area contributed by atoms with Crippen molar-refractivity contribution in [3.63, 3.8) is 0 Å². The molecule has 0 aromatic heterocycles. The molecule has 1 aliphatic rings. The van der Waals surface area contributed by atoms with Crippen LogP contribution in [-0.2, 0) is 10.0 Å². The number of aliphatic hydroxyl groups excluding tert-OH is 1. The number of nitro groups is 1. The van der Waals surface area contributed by atoms with E-state index in [2.05, 4.69) is 0 Å². The zero-order chi connectivity index (χ0) is 15.1. The Morgan fingerprint density at radius 2 is 2.15 bits per heavy atom. The smallest absolute Gasteiger partial charge is 0.306 e. The minimum absolute atomic E-state index is 0.0629. The van der Waals surface area contributed by atoms with Crippen LogP contribution in [0.1, 0.15) is 12.0 Å². The van der Waals surface area contributed by atoms with E-state index in [4.69, 9.17) is 0 Å². The highest BCUT2D eigenvalue weighted by atomic mass is 32.2. The molecule has 0 bridgehead atoms. The van der Waals surface area contributed by atoms with Crippen molar-refractivity contribution < 1.29 is 22.8 Å². The van der Waals surface area contributed by atoms with Gasteiger partial charge in [0.15, 0.2) is 0 Å². The lowest BCUT2D eigenvalue weighted by molar-refractivity contribution is -0.387. The second kappa shape index (κ2) is 5.08. The van der Waals surface area contributed by atoms with E-state index in [0.717, 1.165) is 10.4 Å². The van der Waals surface area contributed by atoms with E-state index in [1.165, 1.54) is 6.92 Å². The van der Waals surface area contributed by atoms with E-state index in [0.29, 0.717) is 12.5 Å². The molecular formula is C11H13FN2O5S. The molecule has 1 fully saturated rings. The first-order chi connectivity index (χ1) is 9.23. The normalized spacial score (nSPS) is 20.2. The maximum absolute atomic E-state index is 13.6. The third kappa shape index (κ3) is 2.51. The summed E-state index contributed by atoms with van der Waals surface area (Å²) in [6.07, 6.45) is -0.442. The maximum Gasteiger partial charge on any atom is 0.306 e. The SMILES string of the molecule is Cc1cc(S(=O)(=O)N2CCC(O)C2)cc([N+](=O)[O-])c1F. The van der Waals surface area contributed by atoms with Crippen molar-refractivity contribution in [2.24, 2.45) is 0 Å². The summed E-state index contributed by atoms with van der Waals surface area (Å²) in [6, 6.07) is 1.77. The van der Waals surface area contributed by atoms with Crippen LogP contribution in [0.3, 0.4) is 0 Å². The van der Waals surface area contributed by atoms with Crippen LogP contribution in [-0.4, -0.2) is 41.9 Å². The molecule has 1 aromatic rings. The summed E-state index contributed by atoms with van der Waals surface area (Å²) in [6.45, 7) is 1.33. The van der Waals surface area contributed by atoms with Gasteiger partial charge in [-0.05, 0) is 25.0 Å². The lowest BCUT2D eigenvalue weighted by Gasteiger charge is -2.16. The van der Waals surface area contributed by atoms with Crippen LogP contribution in [0.15, 0.2) is 17.0 Å². The van der Waals surface area contributed by atoms with Crippen molar-refractivity contribution in [3.8, 4) is 0 Å². The Bertz CT molecular complexity index is 661. The molecule has 7 nitrogen and oxygen atoms in total. The van der Waals surface area contributed by atoms with E-state index in [9.17, 15) is 28.0 Å². The first kappa shape index (κ1) is 14.8. The fraction of sp³-hybridized carbons (Fsp3) is 0.455. The largest absolute Gasteiger partial charge is 0.392 e. The molecule has 1 saturated heterocycles. The monoisotopic (exact) mass is 304 g/mol. The number of sulfonamides is 1. The minimum Gasteiger partial charge on any atom is -0.392 e. The highest BCUT2D eigenvalue weighted by Crippen LogP contribution is 2.28. The topological polar surface area (TPSA) is 101 Å². The molecular weight excluding hydrogens is 291 g/mol. The summed E-state index contributed by atoms with van der Waals surface area (Å²) in [4.78, 5) is 9.45. The van der Waals surface area contributed by atoms with Crippen molar-refractivity contribution in [3.05, 3.63) is 33.6 Å². The van der Waals surface area contributed by atoms with Gasteiger partial charge in [-0.25, -0.2) is 8.42 Å². The van der Waals surface area contributed by atoms with Gasteiger partial charge in [0.05, 0.1) is 15.9 Å². The van der Waals surface area contributed by atoms with Crippen LogP contribution in [0, 0.1) is 22.9 Å². The number of rotatable bonds is 3. The van der Waals surface area contributed by atoms with Crippen LogP contribution in [0.4, 0.5) is 10.1 Å². The number of aryl methyl sites for hydroxylation is 1. The Kier molecular flexibility index (Phi) is 3.76. The number of hydrogen-bond acceptors (Lipinski definition) is 5. The van der Waals surface area contributed by atoms with Crippen LogP contribution in [0.2, 0.25) is 0 Å². The van der Waals surface area contributed by atoms with Gasteiger partial charge < -0.3 is 5.11 Å². The number of hydrogen-bond donors (Lipinski definition) is 1. The predicted octanol–water partition coefficient (Wildman–Crippen LogP) is 0.798. The van der Waals surface area contributed by atoms with Crippen LogP contribution < -0.4 is 0 Å². The Balaban J connectivity index is 2.50. The molecule has 0 radical (unpaired) electrons. The Morgan fingerprint density at radius 1 is 1.50 bits per heavy atom. The Hall–Kier alpha value is -1.58. The van der Waals surface area contributed by atoms with E-state index >= 15 is 0 Å². The highest BCUT2D eigenvalue weighted by molar-refractivity contribution is 7.89. The van der Waals surface area contributed by atoms with E-state index < -0.39 is 32.6 Å². The van der Waals surface area contributed by atoms with Gasteiger partial charge in [-0.15, -0.1) is 0 Å². The number of β-amino-alcohol motifs (C(OH)–C–C–N with tert-alkyl or cyclic N) is 1. The molecule has 0 aliphatic carbocycles. The third-order valence-electron chi connectivity index (χ3n) is 3.17. The molecule has 1 aromatic carbocycles. The van der Waals surface area contributed by atoms with Crippen molar-refractivity contribution in [1.29, 1.82) is 0 Å². The molecule has 0 spiro atoms. The number of aliphatic hydroxyl groups is 1. The fourth-order valence-electron chi connectivity index (χ4n) is 2.08. The summed E-state index contributed by atoms with van der Waals surface area (Å²) < 4.78 is 39.2. The standard InChI is InChI=1S/C11H13FN2O5S/c1-7-4-9(5-10(11(7)12)14(16)17)20(18,19)13-3-2-8(15)6-13/h4-5,8,15H,2-3,6H2,1H3. The molecule has 0 amide bonds. The summed E-state index contributed by atoms with van der Waals surface area (Å²) in [5, 5.41) is 20.1. The molecule has 110 valence electrons. The highest BCUT2D eigenvalue weighted by Gasteiger charge is 2.33. The van der Waals surface area contributed by atoms with E-state index in [1.807, 2.05) is 0 Å². The van der Waals surface area contributed by atoms with Crippen LogP contribution in [0.25, 0.3) is 0 Å². The zero-order valence-electron chi connectivity index (χ0n) is 10.6. The number of nitro benzene ring substituents is 1. The fourth-order valence-corrected chi connectivity index (χ4v) is 3.68. The lowest BCUT2D eigenvalue weighted by atomic mass is 10.2. The maximum atomic E-state index is 13.6. The van der Waals surface area contributed by atoms with Gasteiger partial charge in [0.25, 0.3) is 0 Å². The molecule has 9 heteroatoms. The Labute approximate surface area is 114 Å². The first-order valence-corrected chi connectivity index (χ1v) is 7.30. The van der Waals surface area contributed by atoms with Crippen LogP contribution >= 0.6 is 0 Å². The molecule has 2 rings (SSSR count).